The number of rotatable bonds is 3. The summed E-state index contributed by atoms with van der Waals surface area (Å²) in [6.45, 7) is 6.53. The van der Waals surface area contributed by atoms with Crippen LogP contribution < -0.4 is 0 Å². The molecule has 0 aromatic heterocycles. The number of ether oxygens (including phenoxy) is 1. The molecule has 0 aromatic carbocycles. The maximum Gasteiger partial charge on any atom is 0.410 e. The van der Waals surface area contributed by atoms with Crippen LogP contribution in [0.25, 0.3) is 0 Å². The van der Waals surface area contributed by atoms with Crippen LogP contribution in [0.3, 0.4) is 0 Å². The highest BCUT2D eigenvalue weighted by Crippen LogP contribution is 2.13. The molecular formula is C12H21F3N2O2. The first-order chi connectivity index (χ1) is 8.69. The Hall–Kier alpha value is -0.980. The van der Waals surface area contributed by atoms with E-state index in [1.54, 1.807) is 25.7 Å². The molecule has 0 saturated carbocycles. The Labute approximate surface area is 111 Å². The number of piperazine rings is 1. The standard InChI is InChI=1S/C12H21F3N2O2/c1-12(2,3)19-11(18)17-6-4-16(5-7-17)8-9(13)10(14)15/h9-10H,4-8H2,1-3H3. The maximum atomic E-state index is 12.9. The summed E-state index contributed by atoms with van der Waals surface area (Å²) in [6, 6.07) is 0. The van der Waals surface area contributed by atoms with E-state index in [0.29, 0.717) is 26.2 Å². The zero-order valence-corrected chi connectivity index (χ0v) is 11.5. The van der Waals surface area contributed by atoms with Crippen molar-refractivity contribution in [3.63, 3.8) is 0 Å². The quantitative estimate of drug-likeness (QED) is 0.795. The Morgan fingerprint density at radius 2 is 1.68 bits per heavy atom. The average Bonchev–Trinajstić information content (AvgIpc) is 2.27. The minimum Gasteiger partial charge on any atom is -0.444 e. The van der Waals surface area contributed by atoms with Gasteiger partial charge in [-0.25, -0.2) is 18.0 Å². The first-order valence-corrected chi connectivity index (χ1v) is 6.31. The van der Waals surface area contributed by atoms with Crippen molar-refractivity contribution >= 4 is 6.09 Å². The number of nitrogens with zero attached hydrogens (tertiary/aromatic N) is 2. The summed E-state index contributed by atoms with van der Waals surface area (Å²) < 4.78 is 42.3. The van der Waals surface area contributed by atoms with E-state index in [9.17, 15) is 18.0 Å². The second kappa shape index (κ2) is 6.45. The van der Waals surface area contributed by atoms with Gasteiger partial charge in [-0.3, -0.25) is 4.90 Å². The third-order valence-corrected chi connectivity index (χ3v) is 2.73. The molecule has 1 aliphatic rings. The highest BCUT2D eigenvalue weighted by molar-refractivity contribution is 5.68. The number of alkyl halides is 3. The molecule has 1 amide bonds. The molecule has 1 saturated heterocycles. The molecule has 0 N–H and O–H groups in total. The summed E-state index contributed by atoms with van der Waals surface area (Å²) >= 11 is 0. The molecule has 7 heteroatoms. The highest BCUT2D eigenvalue weighted by Gasteiger charge is 2.28. The van der Waals surface area contributed by atoms with Crippen LogP contribution in [0.1, 0.15) is 20.8 Å². The summed E-state index contributed by atoms with van der Waals surface area (Å²) in [5, 5.41) is 0. The van der Waals surface area contributed by atoms with Gasteiger partial charge in [0, 0.05) is 32.7 Å². The summed E-state index contributed by atoms with van der Waals surface area (Å²) in [5.74, 6) is 0. The lowest BCUT2D eigenvalue weighted by atomic mass is 10.2. The minimum absolute atomic E-state index is 0.292. The lowest BCUT2D eigenvalue weighted by Gasteiger charge is -2.35. The second-order valence-corrected chi connectivity index (χ2v) is 5.62. The fourth-order valence-electron chi connectivity index (χ4n) is 1.77. The first kappa shape index (κ1) is 16.1. The van der Waals surface area contributed by atoms with E-state index in [1.807, 2.05) is 0 Å². The summed E-state index contributed by atoms with van der Waals surface area (Å²) in [7, 11) is 0. The third kappa shape index (κ3) is 5.67. The topological polar surface area (TPSA) is 32.8 Å². The van der Waals surface area contributed by atoms with Crippen molar-refractivity contribution < 1.29 is 22.7 Å². The van der Waals surface area contributed by atoms with Crippen molar-refractivity contribution in [2.24, 2.45) is 0 Å². The summed E-state index contributed by atoms with van der Waals surface area (Å²) in [6.07, 6.45) is -5.50. The normalized spacial score (nSPS) is 19.6. The Morgan fingerprint density at radius 3 is 2.11 bits per heavy atom. The summed E-state index contributed by atoms with van der Waals surface area (Å²) in [5.41, 5.74) is -0.562. The van der Waals surface area contributed by atoms with Crippen molar-refractivity contribution in [2.75, 3.05) is 32.7 Å². The first-order valence-electron chi connectivity index (χ1n) is 6.31. The highest BCUT2D eigenvalue weighted by atomic mass is 19.3. The van der Waals surface area contributed by atoms with Crippen molar-refractivity contribution in [3.8, 4) is 0 Å². The number of hydrogen-bond acceptors (Lipinski definition) is 3. The van der Waals surface area contributed by atoms with Crippen LogP contribution in [-0.2, 0) is 4.74 Å². The van der Waals surface area contributed by atoms with Gasteiger partial charge in [-0.05, 0) is 20.8 Å². The van der Waals surface area contributed by atoms with Crippen molar-refractivity contribution in [1.82, 2.24) is 9.80 Å². The molecule has 0 radical (unpaired) electrons. The number of amides is 1. The Morgan fingerprint density at radius 1 is 1.16 bits per heavy atom. The molecule has 0 aliphatic carbocycles. The fourth-order valence-corrected chi connectivity index (χ4v) is 1.77. The molecule has 0 spiro atoms. The van der Waals surface area contributed by atoms with E-state index < -0.39 is 24.3 Å². The molecule has 1 aliphatic heterocycles. The second-order valence-electron chi connectivity index (χ2n) is 5.62. The van der Waals surface area contributed by atoms with E-state index in [4.69, 9.17) is 4.74 Å². The molecular weight excluding hydrogens is 261 g/mol. The van der Waals surface area contributed by atoms with Crippen LogP contribution in [-0.4, -0.2) is 66.8 Å². The molecule has 4 nitrogen and oxygen atoms in total. The summed E-state index contributed by atoms with van der Waals surface area (Å²) in [4.78, 5) is 14.8. The third-order valence-electron chi connectivity index (χ3n) is 2.73. The van der Waals surface area contributed by atoms with E-state index >= 15 is 0 Å². The molecule has 0 aromatic rings. The number of halogens is 3. The fraction of sp³-hybridized carbons (Fsp3) is 0.917. The Balaban J connectivity index is 2.35. The largest absolute Gasteiger partial charge is 0.444 e. The molecule has 1 heterocycles. The predicted octanol–water partition coefficient (Wildman–Crippen LogP) is 2.14. The molecule has 1 atom stereocenters. The maximum absolute atomic E-state index is 12.9. The van der Waals surface area contributed by atoms with E-state index in [0.717, 1.165) is 0 Å². The van der Waals surface area contributed by atoms with Gasteiger partial charge in [-0.1, -0.05) is 0 Å². The van der Waals surface area contributed by atoms with Crippen LogP contribution in [0.4, 0.5) is 18.0 Å². The van der Waals surface area contributed by atoms with Gasteiger partial charge in [0.1, 0.15) is 5.60 Å². The molecule has 112 valence electrons. The lowest BCUT2D eigenvalue weighted by Crippen LogP contribution is -2.51. The van der Waals surface area contributed by atoms with Crippen LogP contribution in [0.2, 0.25) is 0 Å². The van der Waals surface area contributed by atoms with Gasteiger partial charge in [0.15, 0.2) is 6.17 Å². The smallest absolute Gasteiger partial charge is 0.410 e. The zero-order chi connectivity index (χ0) is 14.6. The van der Waals surface area contributed by atoms with Crippen molar-refractivity contribution in [1.29, 1.82) is 0 Å². The van der Waals surface area contributed by atoms with Gasteiger partial charge in [-0.2, -0.15) is 0 Å². The predicted molar refractivity (Wildman–Crippen MR) is 65.1 cm³/mol. The van der Waals surface area contributed by atoms with E-state index in [-0.39, 0.29) is 6.54 Å². The van der Waals surface area contributed by atoms with Gasteiger partial charge in [0.25, 0.3) is 6.43 Å². The van der Waals surface area contributed by atoms with E-state index in [1.165, 1.54) is 4.90 Å². The zero-order valence-electron chi connectivity index (χ0n) is 11.5. The minimum atomic E-state index is -2.95. The van der Waals surface area contributed by atoms with Crippen LogP contribution in [0.15, 0.2) is 0 Å². The number of hydrogen-bond donors (Lipinski definition) is 0. The lowest BCUT2D eigenvalue weighted by molar-refractivity contribution is -0.0000985. The molecule has 1 unspecified atom stereocenters. The Bertz CT molecular complexity index is 300. The monoisotopic (exact) mass is 282 g/mol. The van der Waals surface area contributed by atoms with Gasteiger partial charge in [-0.15, -0.1) is 0 Å². The van der Waals surface area contributed by atoms with Crippen molar-refractivity contribution in [2.45, 2.75) is 39.0 Å². The average molecular weight is 282 g/mol. The van der Waals surface area contributed by atoms with Gasteiger partial charge >= 0.3 is 6.09 Å². The molecule has 1 rings (SSSR count). The van der Waals surface area contributed by atoms with Crippen LogP contribution >= 0.6 is 0 Å². The molecule has 19 heavy (non-hydrogen) atoms. The number of carbonyl (C=O) groups is 1. The van der Waals surface area contributed by atoms with Crippen molar-refractivity contribution in [3.05, 3.63) is 0 Å². The number of carbonyl (C=O) groups excluding carboxylic acids is 1. The SMILES string of the molecule is CC(C)(C)OC(=O)N1CCN(CC(F)C(F)F)CC1. The van der Waals surface area contributed by atoms with Gasteiger partial charge in [0.2, 0.25) is 0 Å². The van der Waals surface area contributed by atoms with Crippen LogP contribution in [0, 0.1) is 0 Å². The van der Waals surface area contributed by atoms with Gasteiger partial charge in [0.05, 0.1) is 0 Å². The Kier molecular flexibility index (Phi) is 5.46. The molecule has 1 fully saturated rings. The van der Waals surface area contributed by atoms with Crippen LogP contribution in [0.5, 0.6) is 0 Å². The van der Waals surface area contributed by atoms with Gasteiger partial charge < -0.3 is 9.64 Å². The molecule has 0 bridgehead atoms. The van der Waals surface area contributed by atoms with E-state index in [2.05, 4.69) is 0 Å².